The third-order valence-electron chi connectivity index (χ3n) is 5.55. The lowest BCUT2D eigenvalue weighted by atomic mass is 9.78. The molecule has 0 radical (unpaired) electrons. The van der Waals surface area contributed by atoms with Crippen LogP contribution in [0.5, 0.6) is 0 Å². The van der Waals surface area contributed by atoms with Crippen molar-refractivity contribution in [2.75, 3.05) is 44.1 Å². The van der Waals surface area contributed by atoms with E-state index in [4.69, 9.17) is 4.74 Å². The fourth-order valence-electron chi connectivity index (χ4n) is 3.68. The molecular weight excluding hydrogens is 366 g/mol. The highest BCUT2D eigenvalue weighted by Gasteiger charge is 2.39. The van der Waals surface area contributed by atoms with Crippen LogP contribution in [0.2, 0.25) is 0 Å². The van der Waals surface area contributed by atoms with E-state index in [1.54, 1.807) is 19.1 Å². The third kappa shape index (κ3) is 5.22. The summed E-state index contributed by atoms with van der Waals surface area (Å²) in [6.07, 6.45) is 1.81. The molecular formula is C23H29N3O3. The summed E-state index contributed by atoms with van der Waals surface area (Å²) < 4.78 is 5.33. The summed E-state index contributed by atoms with van der Waals surface area (Å²) in [5, 5.41) is 6.32. The number of carbonyl (C=O) groups is 2. The van der Waals surface area contributed by atoms with Gasteiger partial charge in [-0.2, -0.15) is 0 Å². The molecule has 0 atom stereocenters. The zero-order valence-corrected chi connectivity index (χ0v) is 17.1. The average Bonchev–Trinajstić information content (AvgIpc) is 2.76. The molecule has 2 amide bonds. The molecule has 29 heavy (non-hydrogen) atoms. The number of hydrogen-bond acceptors (Lipinski definition) is 4. The molecule has 154 valence electrons. The molecule has 0 aromatic heterocycles. The standard InChI is InChI=1S/C23H29N3O3/c1-26(20-6-4-3-5-7-20)21(27)16-18-8-10-19(11-9-18)25-22(28)23(17-29-2)12-14-24-15-13-23/h3-11,24H,12-17H2,1-2H3,(H,25,28). The number of methoxy groups -OCH3 is 1. The Labute approximate surface area is 172 Å². The van der Waals surface area contributed by atoms with Crippen LogP contribution in [0.15, 0.2) is 54.6 Å². The van der Waals surface area contributed by atoms with Crippen molar-refractivity contribution in [2.24, 2.45) is 5.41 Å². The lowest BCUT2D eigenvalue weighted by Crippen LogP contribution is -2.47. The molecule has 1 saturated heterocycles. The van der Waals surface area contributed by atoms with Gasteiger partial charge in [0.15, 0.2) is 0 Å². The highest BCUT2D eigenvalue weighted by Crippen LogP contribution is 2.31. The van der Waals surface area contributed by atoms with Gasteiger partial charge in [-0.3, -0.25) is 9.59 Å². The van der Waals surface area contributed by atoms with E-state index in [0.717, 1.165) is 42.9 Å². The Hall–Kier alpha value is -2.70. The number of nitrogens with one attached hydrogen (secondary N) is 2. The zero-order chi connectivity index (χ0) is 20.7. The first kappa shape index (κ1) is 21.0. The van der Waals surface area contributed by atoms with Gasteiger partial charge in [0.05, 0.1) is 18.4 Å². The zero-order valence-electron chi connectivity index (χ0n) is 17.1. The molecule has 0 unspecified atom stereocenters. The SMILES string of the molecule is COCC1(C(=O)Nc2ccc(CC(=O)N(C)c3ccccc3)cc2)CCNCC1. The molecule has 2 aromatic rings. The number of amides is 2. The highest BCUT2D eigenvalue weighted by atomic mass is 16.5. The Morgan fingerprint density at radius 3 is 2.34 bits per heavy atom. The summed E-state index contributed by atoms with van der Waals surface area (Å²) in [6.45, 7) is 2.04. The van der Waals surface area contributed by atoms with E-state index in [9.17, 15) is 9.59 Å². The number of rotatable bonds is 7. The maximum atomic E-state index is 12.9. The third-order valence-corrected chi connectivity index (χ3v) is 5.55. The van der Waals surface area contributed by atoms with Crippen LogP contribution in [0.25, 0.3) is 0 Å². The number of piperidine rings is 1. The fourth-order valence-corrected chi connectivity index (χ4v) is 3.68. The Kier molecular flexibility index (Phi) is 7.01. The van der Waals surface area contributed by atoms with Gasteiger partial charge in [0.1, 0.15) is 0 Å². The highest BCUT2D eigenvalue weighted by molar-refractivity contribution is 5.96. The molecule has 0 aliphatic carbocycles. The molecule has 3 rings (SSSR count). The molecule has 6 nitrogen and oxygen atoms in total. The number of nitrogens with zero attached hydrogens (tertiary/aromatic N) is 1. The molecule has 1 heterocycles. The Balaban J connectivity index is 1.61. The summed E-state index contributed by atoms with van der Waals surface area (Å²) in [4.78, 5) is 27.1. The molecule has 2 N–H and O–H groups in total. The van der Waals surface area contributed by atoms with Gasteiger partial charge in [-0.15, -0.1) is 0 Å². The molecule has 0 spiro atoms. The average molecular weight is 396 g/mol. The quantitative estimate of drug-likeness (QED) is 0.756. The van der Waals surface area contributed by atoms with E-state index in [2.05, 4.69) is 10.6 Å². The number of hydrogen-bond donors (Lipinski definition) is 2. The second-order valence-corrected chi connectivity index (χ2v) is 7.58. The van der Waals surface area contributed by atoms with Gasteiger partial charge in [0, 0.05) is 25.5 Å². The first-order valence-corrected chi connectivity index (χ1v) is 9.96. The number of likely N-dealkylation sites (N-methyl/N-ethyl adjacent to an activating group) is 1. The van der Waals surface area contributed by atoms with Crippen molar-refractivity contribution >= 4 is 23.2 Å². The van der Waals surface area contributed by atoms with E-state index < -0.39 is 5.41 Å². The van der Waals surface area contributed by atoms with Gasteiger partial charge in [-0.1, -0.05) is 30.3 Å². The molecule has 2 aromatic carbocycles. The minimum Gasteiger partial charge on any atom is -0.384 e. The Bertz CT molecular complexity index is 810. The largest absolute Gasteiger partial charge is 0.384 e. The second kappa shape index (κ2) is 9.67. The fraction of sp³-hybridized carbons (Fsp3) is 0.391. The van der Waals surface area contributed by atoms with Crippen LogP contribution in [0.4, 0.5) is 11.4 Å². The first-order valence-electron chi connectivity index (χ1n) is 9.96. The van der Waals surface area contributed by atoms with Crippen molar-refractivity contribution in [3.8, 4) is 0 Å². The van der Waals surface area contributed by atoms with Crippen LogP contribution < -0.4 is 15.5 Å². The van der Waals surface area contributed by atoms with Gasteiger partial charge in [0.25, 0.3) is 0 Å². The van der Waals surface area contributed by atoms with Crippen LogP contribution in [0.3, 0.4) is 0 Å². The van der Waals surface area contributed by atoms with Gasteiger partial charge >= 0.3 is 0 Å². The summed E-state index contributed by atoms with van der Waals surface area (Å²) >= 11 is 0. The molecule has 1 fully saturated rings. The van der Waals surface area contributed by atoms with Gasteiger partial charge < -0.3 is 20.3 Å². The van der Waals surface area contributed by atoms with E-state index in [1.165, 1.54) is 0 Å². The van der Waals surface area contributed by atoms with E-state index >= 15 is 0 Å². The topological polar surface area (TPSA) is 70.7 Å². The monoisotopic (exact) mass is 395 g/mol. The van der Waals surface area contributed by atoms with E-state index in [1.807, 2.05) is 54.6 Å². The van der Waals surface area contributed by atoms with Gasteiger partial charge in [-0.25, -0.2) is 0 Å². The van der Waals surface area contributed by atoms with Crippen LogP contribution >= 0.6 is 0 Å². The van der Waals surface area contributed by atoms with Crippen molar-refractivity contribution in [3.63, 3.8) is 0 Å². The van der Waals surface area contributed by atoms with Crippen molar-refractivity contribution in [1.82, 2.24) is 5.32 Å². The van der Waals surface area contributed by atoms with Crippen molar-refractivity contribution in [1.29, 1.82) is 0 Å². The van der Waals surface area contributed by atoms with Crippen molar-refractivity contribution in [3.05, 3.63) is 60.2 Å². The second-order valence-electron chi connectivity index (χ2n) is 7.58. The normalized spacial score (nSPS) is 15.5. The predicted molar refractivity (Wildman–Crippen MR) is 115 cm³/mol. The first-order chi connectivity index (χ1) is 14.0. The van der Waals surface area contributed by atoms with Crippen LogP contribution in [0.1, 0.15) is 18.4 Å². The number of anilines is 2. The molecule has 6 heteroatoms. The molecule has 0 saturated carbocycles. The maximum absolute atomic E-state index is 12.9. The lowest BCUT2D eigenvalue weighted by molar-refractivity contribution is -0.130. The molecule has 1 aliphatic rings. The lowest BCUT2D eigenvalue weighted by Gasteiger charge is -2.35. The summed E-state index contributed by atoms with van der Waals surface area (Å²) in [5.41, 5.74) is 2.01. The van der Waals surface area contributed by atoms with Gasteiger partial charge in [-0.05, 0) is 55.8 Å². The number of para-hydroxylation sites is 1. The van der Waals surface area contributed by atoms with E-state index in [0.29, 0.717) is 13.0 Å². The van der Waals surface area contributed by atoms with Crippen molar-refractivity contribution in [2.45, 2.75) is 19.3 Å². The minimum atomic E-state index is -0.493. The molecule has 1 aliphatic heterocycles. The maximum Gasteiger partial charge on any atom is 0.233 e. The summed E-state index contributed by atoms with van der Waals surface area (Å²) in [5.74, 6) is 0.00947. The Morgan fingerprint density at radius 1 is 1.07 bits per heavy atom. The summed E-state index contributed by atoms with van der Waals surface area (Å²) in [6, 6.07) is 17.0. The van der Waals surface area contributed by atoms with Crippen LogP contribution in [-0.4, -0.2) is 45.7 Å². The van der Waals surface area contributed by atoms with E-state index in [-0.39, 0.29) is 11.8 Å². The van der Waals surface area contributed by atoms with Crippen LogP contribution in [-0.2, 0) is 20.7 Å². The van der Waals surface area contributed by atoms with Crippen LogP contribution in [0, 0.1) is 5.41 Å². The van der Waals surface area contributed by atoms with Gasteiger partial charge in [0.2, 0.25) is 11.8 Å². The predicted octanol–water partition coefficient (Wildman–Crippen LogP) is 2.85. The minimum absolute atomic E-state index is 0.00603. The number of carbonyl (C=O) groups excluding carboxylic acids is 2. The van der Waals surface area contributed by atoms with Crippen molar-refractivity contribution < 1.29 is 14.3 Å². The summed E-state index contributed by atoms with van der Waals surface area (Å²) in [7, 11) is 3.41. The molecule has 0 bridgehead atoms. The smallest absolute Gasteiger partial charge is 0.233 e. The Morgan fingerprint density at radius 2 is 1.72 bits per heavy atom. The number of benzene rings is 2. The number of ether oxygens (including phenoxy) is 1.